The molecule has 0 saturated heterocycles. The largest absolute Gasteiger partial charge is 0.454 e. The predicted octanol–water partition coefficient (Wildman–Crippen LogP) is 11.7. The number of hydrogen-bond acceptors (Lipinski definition) is 4. The smallest absolute Gasteiger partial charge is 0.177 e. The van der Waals surface area contributed by atoms with Crippen LogP contribution in [0.1, 0.15) is 23.8 Å². The molecule has 0 radical (unpaired) electrons. The number of furan rings is 1. The van der Waals surface area contributed by atoms with Crippen molar-refractivity contribution < 1.29 is 4.42 Å². The highest BCUT2D eigenvalue weighted by Crippen LogP contribution is 2.47. The molecule has 0 saturated carbocycles. The van der Waals surface area contributed by atoms with Crippen molar-refractivity contribution in [1.82, 2.24) is 19.8 Å². The summed E-state index contributed by atoms with van der Waals surface area (Å²) in [5.41, 5.74) is 9.84. The molecule has 0 amide bonds. The number of aliphatic imine (C=N–C) groups is 1. The lowest BCUT2D eigenvalue weighted by Crippen LogP contribution is -2.50. The normalized spacial score (nSPS) is 16.7. The third-order valence-electron chi connectivity index (χ3n) is 11.8. The Morgan fingerprint density at radius 2 is 1.30 bits per heavy atom. The van der Waals surface area contributed by atoms with Crippen LogP contribution in [0.3, 0.4) is 0 Å². The van der Waals surface area contributed by atoms with Crippen LogP contribution in [0.2, 0.25) is 0 Å². The van der Waals surface area contributed by atoms with Gasteiger partial charge in [0.1, 0.15) is 17.1 Å². The van der Waals surface area contributed by atoms with Gasteiger partial charge in [-0.3, -0.25) is 0 Å². The first-order chi connectivity index (χ1) is 27.6. The van der Waals surface area contributed by atoms with E-state index in [4.69, 9.17) is 9.41 Å². The van der Waals surface area contributed by atoms with Gasteiger partial charge in [-0.2, -0.15) is 0 Å². The topological polar surface area (TPSA) is 59.4 Å². The van der Waals surface area contributed by atoms with Gasteiger partial charge < -0.3 is 24.2 Å². The highest BCUT2D eigenvalue weighted by molar-refractivity contribution is 6.15. The molecule has 10 aromatic rings. The minimum Gasteiger partial charge on any atom is -0.454 e. The van der Waals surface area contributed by atoms with Crippen LogP contribution in [0.25, 0.3) is 76.6 Å². The molecule has 0 spiro atoms. The number of allylic oxidation sites excluding steroid dienone is 2. The maximum Gasteiger partial charge on any atom is 0.177 e. The number of rotatable bonds is 4. The summed E-state index contributed by atoms with van der Waals surface area (Å²) in [4.78, 5) is 5.47. The number of amidine groups is 1. The Morgan fingerprint density at radius 3 is 2.12 bits per heavy atom. The van der Waals surface area contributed by atoms with E-state index in [0.717, 1.165) is 68.2 Å². The Bertz CT molecular complexity index is 3360. The first-order valence-corrected chi connectivity index (χ1v) is 19.2. The zero-order valence-corrected chi connectivity index (χ0v) is 30.6. The van der Waals surface area contributed by atoms with E-state index in [9.17, 15) is 0 Å². The van der Waals surface area contributed by atoms with Crippen molar-refractivity contribution >= 4 is 82.4 Å². The van der Waals surface area contributed by atoms with Crippen molar-refractivity contribution in [2.75, 3.05) is 6.54 Å². The summed E-state index contributed by atoms with van der Waals surface area (Å²) in [5, 5.41) is 15.5. The van der Waals surface area contributed by atoms with Crippen molar-refractivity contribution in [1.29, 1.82) is 0 Å². The summed E-state index contributed by atoms with van der Waals surface area (Å²) in [6.07, 6.45) is 6.19. The highest BCUT2D eigenvalue weighted by atomic mass is 16.3. The van der Waals surface area contributed by atoms with E-state index >= 15 is 0 Å². The van der Waals surface area contributed by atoms with Crippen LogP contribution in [-0.4, -0.2) is 21.5 Å². The number of fused-ring (bicyclic) bond motifs is 10. The lowest BCUT2D eigenvalue weighted by atomic mass is 9.99. The first kappa shape index (κ1) is 31.1. The van der Waals surface area contributed by atoms with Gasteiger partial charge in [-0.15, -0.1) is 0 Å². The minimum atomic E-state index is -0.864. The van der Waals surface area contributed by atoms with E-state index in [1.807, 2.05) is 12.3 Å². The fourth-order valence-corrected chi connectivity index (χ4v) is 9.22. The van der Waals surface area contributed by atoms with Gasteiger partial charge in [0, 0.05) is 44.7 Å². The summed E-state index contributed by atoms with van der Waals surface area (Å²) in [6.45, 7) is 3.01. The van der Waals surface area contributed by atoms with Gasteiger partial charge in [0.15, 0.2) is 11.4 Å². The van der Waals surface area contributed by atoms with Gasteiger partial charge in [-0.1, -0.05) is 91.0 Å². The number of hydrogen-bond donors (Lipinski definition) is 2. The van der Waals surface area contributed by atoms with Crippen molar-refractivity contribution in [2.45, 2.75) is 12.6 Å². The second-order valence-electron chi connectivity index (χ2n) is 15.1. The average molecular weight is 722 g/mol. The molecule has 0 aliphatic carbocycles. The highest BCUT2D eigenvalue weighted by Gasteiger charge is 2.42. The monoisotopic (exact) mass is 721 g/mol. The Kier molecular flexibility index (Phi) is 6.44. The lowest BCUT2D eigenvalue weighted by Gasteiger charge is -2.36. The molecule has 56 heavy (non-hydrogen) atoms. The van der Waals surface area contributed by atoms with Gasteiger partial charge >= 0.3 is 0 Å². The van der Waals surface area contributed by atoms with Crippen LogP contribution in [0.15, 0.2) is 179 Å². The molecule has 6 heteroatoms. The van der Waals surface area contributed by atoms with Crippen molar-refractivity contribution in [3.63, 3.8) is 0 Å². The van der Waals surface area contributed by atoms with E-state index in [-0.39, 0.29) is 0 Å². The summed E-state index contributed by atoms with van der Waals surface area (Å²) < 4.78 is 11.8. The first-order valence-electron chi connectivity index (χ1n) is 19.2. The van der Waals surface area contributed by atoms with E-state index in [2.05, 4.69) is 184 Å². The Morgan fingerprint density at radius 1 is 0.607 bits per heavy atom. The molecule has 5 heterocycles. The number of aromatic nitrogens is 2. The summed E-state index contributed by atoms with van der Waals surface area (Å²) in [5.74, 6) is 1.57. The molecule has 2 aliphatic rings. The Labute approximate surface area is 322 Å². The predicted molar refractivity (Wildman–Crippen MR) is 231 cm³/mol. The quantitative estimate of drug-likeness (QED) is 0.190. The molecule has 0 fully saturated rings. The maximum absolute atomic E-state index is 7.05. The summed E-state index contributed by atoms with van der Waals surface area (Å²) >= 11 is 0. The lowest BCUT2D eigenvalue weighted by molar-refractivity contribution is 0.308. The second-order valence-corrected chi connectivity index (χ2v) is 15.1. The van der Waals surface area contributed by atoms with Crippen LogP contribution in [0.5, 0.6) is 0 Å². The zero-order chi connectivity index (χ0) is 37.0. The molecule has 1 unspecified atom stereocenters. The van der Waals surface area contributed by atoms with E-state index in [1.165, 1.54) is 43.4 Å². The molecular formula is C50H35N5O. The third kappa shape index (κ3) is 4.41. The van der Waals surface area contributed by atoms with Crippen molar-refractivity contribution in [3.8, 4) is 5.69 Å². The van der Waals surface area contributed by atoms with Crippen LogP contribution in [0, 0.1) is 0 Å². The number of nitrogens with zero attached hydrogens (tertiary/aromatic N) is 3. The van der Waals surface area contributed by atoms with Crippen LogP contribution in [0.4, 0.5) is 5.69 Å². The number of dihydropyridines is 1. The number of para-hydroxylation sites is 3. The fourth-order valence-electron chi connectivity index (χ4n) is 9.22. The molecule has 2 aliphatic heterocycles. The van der Waals surface area contributed by atoms with Crippen LogP contribution < -0.4 is 10.6 Å². The van der Waals surface area contributed by atoms with Gasteiger partial charge in [0.05, 0.1) is 22.1 Å². The molecule has 266 valence electrons. The number of nitrogens with one attached hydrogen (secondary N) is 2. The van der Waals surface area contributed by atoms with Gasteiger partial charge in [0.2, 0.25) is 0 Å². The molecule has 6 nitrogen and oxygen atoms in total. The Balaban J connectivity index is 1.13. The van der Waals surface area contributed by atoms with Crippen molar-refractivity contribution in [2.24, 2.45) is 4.99 Å². The van der Waals surface area contributed by atoms with E-state index < -0.39 is 5.66 Å². The average Bonchev–Trinajstić information content (AvgIpc) is 3.91. The molecular weight excluding hydrogens is 687 g/mol. The molecule has 2 N–H and O–H groups in total. The maximum atomic E-state index is 7.05. The summed E-state index contributed by atoms with van der Waals surface area (Å²) in [7, 11) is 0. The van der Waals surface area contributed by atoms with Crippen molar-refractivity contribution in [3.05, 3.63) is 187 Å². The number of benzene rings is 7. The van der Waals surface area contributed by atoms with Crippen LogP contribution >= 0.6 is 0 Å². The SMILES string of the molecule is CC1(n2c3ccccc3c3cc4ccccc4cc32)NC(c2ccc3c(c2)c2ccccc2n3-c2ccccc2)=Nc2c1oc1cc(C3=CC=CNC3)ccc21. The second kappa shape index (κ2) is 11.6. The molecule has 3 aromatic heterocycles. The van der Waals surface area contributed by atoms with Gasteiger partial charge in [-0.05, 0) is 108 Å². The molecule has 12 rings (SSSR count). The van der Waals surface area contributed by atoms with Gasteiger partial charge in [0.25, 0.3) is 0 Å². The van der Waals surface area contributed by atoms with Crippen LogP contribution in [-0.2, 0) is 5.66 Å². The fraction of sp³-hybridized carbons (Fsp3) is 0.0600. The van der Waals surface area contributed by atoms with E-state index in [0.29, 0.717) is 0 Å². The van der Waals surface area contributed by atoms with E-state index in [1.54, 1.807) is 0 Å². The molecule has 1 atom stereocenters. The standard InChI is InChI=1S/C50H35N5O/c1-50(55-44-20-10-8-18-38(44)41-26-31-12-5-6-13-32(31)28-45(41)55)48-47(39-23-21-33(29-46(39)56-48)35-14-11-25-51-30-35)52-49(53-50)34-22-24-43-40(27-34)37-17-7-9-19-42(37)54(43)36-15-3-2-4-16-36/h2-29,51H,30H2,1H3,(H,52,53). The zero-order valence-electron chi connectivity index (χ0n) is 30.6. The summed E-state index contributed by atoms with van der Waals surface area (Å²) in [6, 6.07) is 54.5. The minimum absolute atomic E-state index is 0.766. The molecule has 7 aromatic carbocycles. The third-order valence-corrected chi connectivity index (χ3v) is 11.8. The Hall–Kier alpha value is -7.31. The molecule has 0 bridgehead atoms. The van der Waals surface area contributed by atoms with Gasteiger partial charge in [-0.25, -0.2) is 4.99 Å².